The topological polar surface area (TPSA) is 81.2 Å². The molecule has 3 amide bonds. The van der Waals surface area contributed by atoms with E-state index in [1.54, 1.807) is 45.7 Å². The Morgan fingerprint density at radius 3 is 2.47 bits per heavy atom. The summed E-state index contributed by atoms with van der Waals surface area (Å²) in [6.45, 7) is 14.6. The molecule has 178 valence electrons. The first-order valence-electron chi connectivity index (χ1n) is 11.4. The highest BCUT2D eigenvalue weighted by Crippen LogP contribution is 2.66. The summed E-state index contributed by atoms with van der Waals surface area (Å²) >= 11 is 1.67. The summed E-state index contributed by atoms with van der Waals surface area (Å²) in [5.41, 5.74) is -0.438. The molecule has 3 heterocycles. The number of amides is 3. The molecule has 3 rings (SSSR count). The molecule has 1 spiro atoms. The summed E-state index contributed by atoms with van der Waals surface area (Å²) in [5, 5.41) is 9.49. The standard InChI is InChI=1S/C24H37N3O4S/c1-7-12-25(6)20(29)17-16-10-11-24(32-16)18(17)21(30)26(14-9-15-28)19(24)22(31)27(13-8-2)23(3,4)5/h7-8,16-19,28H,1-2,9-15H2,3-6H3/t16-,17+,18+,19?,24?/m1/s1. The number of fused-ring (bicyclic) bond motifs is 1. The number of nitrogens with zero attached hydrogens (tertiary/aromatic N) is 3. The molecule has 3 fully saturated rings. The van der Waals surface area contributed by atoms with E-state index in [9.17, 15) is 19.5 Å². The number of hydrogen-bond acceptors (Lipinski definition) is 5. The molecule has 0 radical (unpaired) electrons. The zero-order chi connectivity index (χ0) is 23.8. The van der Waals surface area contributed by atoms with E-state index in [4.69, 9.17) is 0 Å². The molecular weight excluding hydrogens is 426 g/mol. The molecule has 5 atom stereocenters. The maximum absolute atomic E-state index is 14.0. The van der Waals surface area contributed by atoms with Crippen molar-refractivity contribution >= 4 is 29.5 Å². The zero-order valence-corrected chi connectivity index (χ0v) is 20.6. The van der Waals surface area contributed by atoms with Crippen molar-refractivity contribution in [2.75, 3.05) is 33.3 Å². The first-order chi connectivity index (χ1) is 15.0. The van der Waals surface area contributed by atoms with Crippen molar-refractivity contribution < 1.29 is 19.5 Å². The summed E-state index contributed by atoms with van der Waals surface area (Å²) in [4.78, 5) is 46.2. The highest BCUT2D eigenvalue weighted by molar-refractivity contribution is 8.02. The van der Waals surface area contributed by atoms with Crippen LogP contribution in [0.1, 0.15) is 40.0 Å². The van der Waals surface area contributed by atoms with Gasteiger partial charge in [0.25, 0.3) is 0 Å². The van der Waals surface area contributed by atoms with Crippen LogP contribution in [0.3, 0.4) is 0 Å². The van der Waals surface area contributed by atoms with Gasteiger partial charge in [-0.05, 0) is 40.0 Å². The van der Waals surface area contributed by atoms with Gasteiger partial charge in [0, 0.05) is 44.1 Å². The van der Waals surface area contributed by atoms with Gasteiger partial charge in [0.15, 0.2) is 0 Å². The molecule has 7 nitrogen and oxygen atoms in total. The van der Waals surface area contributed by atoms with Crippen LogP contribution in [0, 0.1) is 11.8 Å². The van der Waals surface area contributed by atoms with Crippen LogP contribution >= 0.6 is 11.8 Å². The number of likely N-dealkylation sites (N-methyl/N-ethyl adjacent to an activating group) is 1. The average molecular weight is 464 g/mol. The van der Waals surface area contributed by atoms with E-state index < -0.39 is 28.2 Å². The Bertz CT molecular complexity index is 795. The van der Waals surface area contributed by atoms with E-state index in [2.05, 4.69) is 13.2 Å². The van der Waals surface area contributed by atoms with E-state index in [0.29, 0.717) is 26.1 Å². The van der Waals surface area contributed by atoms with Crippen LogP contribution in [0.25, 0.3) is 0 Å². The number of aliphatic hydroxyl groups is 1. The second kappa shape index (κ2) is 9.21. The van der Waals surface area contributed by atoms with Gasteiger partial charge in [0.05, 0.1) is 16.6 Å². The smallest absolute Gasteiger partial charge is 0.247 e. The maximum Gasteiger partial charge on any atom is 0.247 e. The molecule has 2 unspecified atom stereocenters. The summed E-state index contributed by atoms with van der Waals surface area (Å²) in [7, 11) is 1.74. The van der Waals surface area contributed by atoms with E-state index in [0.717, 1.165) is 12.8 Å². The SMILES string of the molecule is C=CCN(C)C(=O)[C@@H]1[C@H]2C(=O)N(CCCO)C(C(=O)N(CC=C)C(C)(C)C)C23CC[C@H]1S3. The van der Waals surface area contributed by atoms with Gasteiger partial charge in [-0.1, -0.05) is 12.2 Å². The minimum Gasteiger partial charge on any atom is -0.396 e. The van der Waals surface area contributed by atoms with Crippen LogP contribution in [0.5, 0.6) is 0 Å². The Labute approximate surface area is 195 Å². The monoisotopic (exact) mass is 463 g/mol. The predicted octanol–water partition coefficient (Wildman–Crippen LogP) is 1.92. The molecule has 3 saturated heterocycles. The van der Waals surface area contributed by atoms with Crippen LogP contribution in [0.4, 0.5) is 0 Å². The molecule has 0 aromatic carbocycles. The molecule has 8 heteroatoms. The van der Waals surface area contributed by atoms with Gasteiger partial charge in [0.1, 0.15) is 6.04 Å². The number of hydrogen-bond donors (Lipinski definition) is 1. The molecule has 0 aromatic heterocycles. The van der Waals surface area contributed by atoms with Crippen molar-refractivity contribution in [2.24, 2.45) is 11.8 Å². The molecule has 2 bridgehead atoms. The molecule has 0 saturated carbocycles. The Morgan fingerprint density at radius 2 is 1.91 bits per heavy atom. The molecule has 3 aliphatic rings. The highest BCUT2D eigenvalue weighted by Gasteiger charge is 2.74. The highest BCUT2D eigenvalue weighted by atomic mass is 32.2. The van der Waals surface area contributed by atoms with Crippen LogP contribution in [0.15, 0.2) is 25.3 Å². The lowest BCUT2D eigenvalue weighted by molar-refractivity contribution is -0.146. The second-order valence-electron chi connectivity index (χ2n) is 10.1. The summed E-state index contributed by atoms with van der Waals surface area (Å²) in [5.74, 6) is -1.19. The van der Waals surface area contributed by atoms with Gasteiger partial charge in [-0.25, -0.2) is 0 Å². The first kappa shape index (κ1) is 24.8. The largest absolute Gasteiger partial charge is 0.396 e. The van der Waals surface area contributed by atoms with Gasteiger partial charge >= 0.3 is 0 Å². The van der Waals surface area contributed by atoms with Gasteiger partial charge in [-0.3, -0.25) is 14.4 Å². The molecule has 32 heavy (non-hydrogen) atoms. The number of carbonyl (C=O) groups is 3. The quantitative estimate of drug-likeness (QED) is 0.529. The first-order valence-corrected chi connectivity index (χ1v) is 12.3. The lowest BCUT2D eigenvalue weighted by Gasteiger charge is -2.42. The minimum atomic E-state index is -0.636. The van der Waals surface area contributed by atoms with Crippen molar-refractivity contribution in [3.05, 3.63) is 25.3 Å². The fourth-order valence-corrected chi connectivity index (χ4v) is 7.91. The van der Waals surface area contributed by atoms with Crippen molar-refractivity contribution in [1.82, 2.24) is 14.7 Å². The lowest BCUT2D eigenvalue weighted by Crippen LogP contribution is -2.58. The molecular formula is C24H37N3O4S. The van der Waals surface area contributed by atoms with Crippen molar-refractivity contribution in [2.45, 2.75) is 61.6 Å². The molecule has 0 aromatic rings. The van der Waals surface area contributed by atoms with Gasteiger partial charge in [0.2, 0.25) is 17.7 Å². The van der Waals surface area contributed by atoms with Crippen LogP contribution in [-0.2, 0) is 14.4 Å². The average Bonchev–Trinajstić information content (AvgIpc) is 3.36. The summed E-state index contributed by atoms with van der Waals surface area (Å²) < 4.78 is -0.603. The normalized spacial score (nSPS) is 30.9. The third kappa shape index (κ3) is 3.89. The summed E-state index contributed by atoms with van der Waals surface area (Å²) in [6, 6.07) is -0.636. The van der Waals surface area contributed by atoms with Crippen molar-refractivity contribution in [3.8, 4) is 0 Å². The van der Waals surface area contributed by atoms with Crippen molar-refractivity contribution in [3.63, 3.8) is 0 Å². The van der Waals surface area contributed by atoms with Crippen molar-refractivity contribution in [1.29, 1.82) is 0 Å². The second-order valence-corrected chi connectivity index (χ2v) is 11.7. The van der Waals surface area contributed by atoms with E-state index in [1.807, 2.05) is 20.8 Å². The van der Waals surface area contributed by atoms with Gasteiger partial charge in [-0.2, -0.15) is 0 Å². The third-order valence-corrected chi connectivity index (χ3v) is 8.99. The number of rotatable bonds is 9. The molecule has 3 aliphatic heterocycles. The lowest BCUT2D eigenvalue weighted by atomic mass is 9.70. The van der Waals surface area contributed by atoms with Gasteiger partial charge in [-0.15, -0.1) is 24.9 Å². The van der Waals surface area contributed by atoms with Crippen LogP contribution in [0.2, 0.25) is 0 Å². The summed E-state index contributed by atoms with van der Waals surface area (Å²) in [6.07, 6.45) is 5.36. The third-order valence-electron chi connectivity index (χ3n) is 7.04. The Balaban J connectivity index is 2.04. The predicted molar refractivity (Wildman–Crippen MR) is 127 cm³/mol. The number of thioether (sulfide) groups is 1. The van der Waals surface area contributed by atoms with E-state index >= 15 is 0 Å². The van der Waals surface area contributed by atoms with E-state index in [-0.39, 0.29) is 29.6 Å². The Hall–Kier alpha value is -1.80. The maximum atomic E-state index is 14.0. The fourth-order valence-electron chi connectivity index (χ4n) is 5.70. The van der Waals surface area contributed by atoms with E-state index in [1.165, 1.54) is 0 Å². The van der Waals surface area contributed by atoms with Crippen LogP contribution < -0.4 is 0 Å². The Kier molecular flexibility index (Phi) is 7.15. The molecule has 1 N–H and O–H groups in total. The van der Waals surface area contributed by atoms with Gasteiger partial charge < -0.3 is 19.8 Å². The van der Waals surface area contributed by atoms with Crippen LogP contribution in [-0.4, -0.2) is 92.4 Å². The fraction of sp³-hybridized carbons (Fsp3) is 0.708. The Morgan fingerprint density at radius 1 is 1.25 bits per heavy atom. The number of carbonyl (C=O) groups excluding carboxylic acids is 3. The minimum absolute atomic E-state index is 0.0431. The number of likely N-dealkylation sites (tertiary alicyclic amines) is 1. The number of aliphatic hydroxyl groups excluding tert-OH is 1. The molecule has 0 aliphatic carbocycles. The zero-order valence-electron chi connectivity index (χ0n) is 19.7.